The van der Waals surface area contributed by atoms with Crippen LogP contribution in [0.15, 0.2) is 42.6 Å². The van der Waals surface area contributed by atoms with Crippen molar-refractivity contribution < 1.29 is 35.9 Å². The molecule has 1 saturated heterocycles. The van der Waals surface area contributed by atoms with E-state index in [1.54, 1.807) is 0 Å². The van der Waals surface area contributed by atoms with E-state index in [0.29, 0.717) is 19.4 Å². The van der Waals surface area contributed by atoms with Crippen LogP contribution in [0.2, 0.25) is 0 Å². The average Bonchev–Trinajstić information content (AvgIpc) is 3.20. The highest BCUT2D eigenvalue weighted by Gasteiger charge is 2.38. The van der Waals surface area contributed by atoms with Gasteiger partial charge in [0.25, 0.3) is 0 Å². The highest BCUT2D eigenvalue weighted by molar-refractivity contribution is 5.81. The fraction of sp³-hybridized carbons (Fsp3) is 0.368. The van der Waals surface area contributed by atoms with E-state index in [1.165, 1.54) is 0 Å². The Kier molecular flexibility index (Phi) is 5.83. The lowest BCUT2D eigenvalue weighted by Crippen LogP contribution is -2.38. The molecular formula is C19H16F6N2O2. The number of hydrogen-bond acceptors (Lipinski definition) is 3. The summed E-state index contributed by atoms with van der Waals surface area (Å²) in [5.41, 5.74) is -2.51. The number of aromatic nitrogens is 1. The first-order valence-electron chi connectivity index (χ1n) is 8.68. The Balaban J connectivity index is 2.02. The van der Waals surface area contributed by atoms with Gasteiger partial charge in [0.1, 0.15) is 6.10 Å². The largest absolute Gasteiger partial charge is 0.418 e. The van der Waals surface area contributed by atoms with Crippen molar-refractivity contribution in [3.63, 3.8) is 0 Å². The minimum absolute atomic E-state index is 0.0357. The van der Waals surface area contributed by atoms with Crippen LogP contribution in [-0.4, -0.2) is 23.6 Å². The molecule has 156 valence electrons. The number of alkyl halides is 6. The number of benzene rings is 1. The van der Waals surface area contributed by atoms with E-state index in [1.807, 2.05) is 0 Å². The van der Waals surface area contributed by atoms with Gasteiger partial charge in [0.2, 0.25) is 5.91 Å². The second-order valence-corrected chi connectivity index (χ2v) is 6.50. The van der Waals surface area contributed by atoms with Crippen molar-refractivity contribution in [2.75, 3.05) is 6.61 Å². The molecular weight excluding hydrogens is 402 g/mol. The van der Waals surface area contributed by atoms with E-state index in [0.717, 1.165) is 42.6 Å². The third kappa shape index (κ3) is 4.87. The summed E-state index contributed by atoms with van der Waals surface area (Å²) in [7, 11) is 0. The molecule has 10 heteroatoms. The number of carbonyl (C=O) groups is 1. The van der Waals surface area contributed by atoms with Crippen LogP contribution >= 0.6 is 0 Å². The minimum atomic E-state index is -4.76. The maximum Gasteiger partial charge on any atom is 0.418 e. The summed E-state index contributed by atoms with van der Waals surface area (Å²) >= 11 is 0. The maximum atomic E-state index is 13.5. The van der Waals surface area contributed by atoms with Gasteiger partial charge in [-0.3, -0.25) is 9.78 Å². The number of pyridine rings is 1. The summed E-state index contributed by atoms with van der Waals surface area (Å²) in [6, 6.07) is 4.05. The molecule has 29 heavy (non-hydrogen) atoms. The zero-order valence-electron chi connectivity index (χ0n) is 14.8. The van der Waals surface area contributed by atoms with Crippen molar-refractivity contribution in [1.29, 1.82) is 0 Å². The van der Waals surface area contributed by atoms with Crippen molar-refractivity contribution in [2.45, 2.75) is 37.3 Å². The SMILES string of the molecule is O=C(NC(c1ccc(C(F)(F)F)cc1)c1ncccc1C(F)(F)F)C1CCCO1. The molecule has 2 heterocycles. The predicted molar refractivity (Wildman–Crippen MR) is 89.6 cm³/mol. The molecule has 1 N–H and O–H groups in total. The van der Waals surface area contributed by atoms with Crippen LogP contribution in [0.25, 0.3) is 0 Å². The molecule has 1 fully saturated rings. The van der Waals surface area contributed by atoms with Crippen LogP contribution in [-0.2, 0) is 21.9 Å². The van der Waals surface area contributed by atoms with E-state index in [-0.39, 0.29) is 5.56 Å². The van der Waals surface area contributed by atoms with Crippen LogP contribution in [0.4, 0.5) is 26.3 Å². The molecule has 3 rings (SSSR count). The van der Waals surface area contributed by atoms with E-state index in [9.17, 15) is 31.1 Å². The van der Waals surface area contributed by atoms with E-state index in [2.05, 4.69) is 10.3 Å². The van der Waals surface area contributed by atoms with Crippen molar-refractivity contribution >= 4 is 5.91 Å². The van der Waals surface area contributed by atoms with Crippen LogP contribution in [0, 0.1) is 0 Å². The quantitative estimate of drug-likeness (QED) is 0.744. The zero-order valence-corrected chi connectivity index (χ0v) is 14.8. The second-order valence-electron chi connectivity index (χ2n) is 6.50. The summed E-state index contributed by atoms with van der Waals surface area (Å²) in [6.07, 6.45) is -8.04. The average molecular weight is 418 g/mol. The van der Waals surface area contributed by atoms with Crippen LogP contribution in [0.1, 0.15) is 41.3 Å². The van der Waals surface area contributed by atoms with Crippen LogP contribution in [0.5, 0.6) is 0 Å². The molecule has 1 aromatic heterocycles. The lowest BCUT2D eigenvalue weighted by atomic mass is 9.97. The first-order chi connectivity index (χ1) is 13.6. The first kappa shape index (κ1) is 21.1. The smallest absolute Gasteiger partial charge is 0.368 e. The number of halogens is 6. The lowest BCUT2D eigenvalue weighted by Gasteiger charge is -2.24. The number of amides is 1. The first-order valence-corrected chi connectivity index (χ1v) is 8.68. The lowest BCUT2D eigenvalue weighted by molar-refractivity contribution is -0.139. The molecule has 1 aliphatic heterocycles. The van der Waals surface area contributed by atoms with Crippen molar-refractivity contribution in [3.05, 3.63) is 65.0 Å². The van der Waals surface area contributed by atoms with Crippen LogP contribution in [0.3, 0.4) is 0 Å². The summed E-state index contributed by atoms with van der Waals surface area (Å²) < 4.78 is 84.1. The third-order valence-electron chi connectivity index (χ3n) is 4.50. The van der Waals surface area contributed by atoms with E-state index in [4.69, 9.17) is 4.74 Å². The zero-order chi connectivity index (χ0) is 21.2. The molecule has 2 atom stereocenters. The summed E-state index contributed by atoms with van der Waals surface area (Å²) in [5.74, 6) is -0.647. The van der Waals surface area contributed by atoms with Gasteiger partial charge in [0.05, 0.1) is 22.9 Å². The van der Waals surface area contributed by atoms with Crippen LogP contribution < -0.4 is 5.32 Å². The van der Waals surface area contributed by atoms with Crippen molar-refractivity contribution in [2.24, 2.45) is 0 Å². The normalized spacial score (nSPS) is 18.5. The van der Waals surface area contributed by atoms with Gasteiger partial charge in [-0.05, 0) is 42.7 Å². The van der Waals surface area contributed by atoms with Gasteiger partial charge in [-0.1, -0.05) is 12.1 Å². The highest BCUT2D eigenvalue weighted by atomic mass is 19.4. The fourth-order valence-corrected chi connectivity index (χ4v) is 3.08. The van der Waals surface area contributed by atoms with Gasteiger partial charge < -0.3 is 10.1 Å². The summed E-state index contributed by atoms with van der Waals surface area (Å²) in [5, 5.41) is 2.45. The Labute approximate surface area is 161 Å². The Morgan fingerprint density at radius 3 is 2.31 bits per heavy atom. The Hall–Kier alpha value is -2.62. The summed E-state index contributed by atoms with van der Waals surface area (Å²) in [4.78, 5) is 16.2. The molecule has 4 nitrogen and oxygen atoms in total. The van der Waals surface area contributed by atoms with E-state index >= 15 is 0 Å². The second kappa shape index (κ2) is 8.02. The van der Waals surface area contributed by atoms with Crippen molar-refractivity contribution in [3.8, 4) is 0 Å². The number of ether oxygens (including phenoxy) is 1. The predicted octanol–water partition coefficient (Wildman–Crippen LogP) is 4.50. The van der Waals surface area contributed by atoms with Gasteiger partial charge in [0.15, 0.2) is 0 Å². The maximum absolute atomic E-state index is 13.5. The third-order valence-corrected chi connectivity index (χ3v) is 4.50. The molecule has 1 aromatic carbocycles. The standard InChI is InChI=1S/C19H16F6N2O2/c20-18(21,22)12-7-5-11(6-8-12)15(27-17(28)14-4-2-10-29-14)16-13(19(23,24)25)3-1-9-26-16/h1,3,5-9,14-15H,2,4,10H2,(H,27,28). The fourth-order valence-electron chi connectivity index (χ4n) is 3.08. The highest BCUT2D eigenvalue weighted by Crippen LogP contribution is 2.36. The van der Waals surface area contributed by atoms with Gasteiger partial charge in [-0.15, -0.1) is 0 Å². The molecule has 0 saturated carbocycles. The van der Waals surface area contributed by atoms with Gasteiger partial charge >= 0.3 is 12.4 Å². The minimum Gasteiger partial charge on any atom is -0.368 e. The monoisotopic (exact) mass is 418 g/mol. The molecule has 1 aliphatic rings. The molecule has 2 aromatic rings. The molecule has 0 aliphatic carbocycles. The summed E-state index contributed by atoms with van der Waals surface area (Å²) in [6.45, 7) is 0.348. The van der Waals surface area contributed by atoms with Gasteiger partial charge in [-0.25, -0.2) is 0 Å². The molecule has 0 bridgehead atoms. The number of carbonyl (C=O) groups excluding carboxylic acids is 1. The number of nitrogens with zero attached hydrogens (tertiary/aromatic N) is 1. The topological polar surface area (TPSA) is 51.2 Å². The van der Waals surface area contributed by atoms with Gasteiger partial charge in [0, 0.05) is 12.8 Å². The number of hydrogen-bond donors (Lipinski definition) is 1. The molecule has 1 amide bonds. The molecule has 0 radical (unpaired) electrons. The van der Waals surface area contributed by atoms with Gasteiger partial charge in [-0.2, -0.15) is 26.3 Å². The van der Waals surface area contributed by atoms with E-state index < -0.39 is 47.2 Å². The Morgan fingerprint density at radius 1 is 1.07 bits per heavy atom. The molecule has 2 unspecified atom stereocenters. The Bertz CT molecular complexity index is 858. The number of nitrogens with one attached hydrogen (secondary N) is 1. The Morgan fingerprint density at radius 2 is 1.76 bits per heavy atom. The molecule has 0 spiro atoms. The van der Waals surface area contributed by atoms with Crippen molar-refractivity contribution in [1.82, 2.24) is 10.3 Å². The number of rotatable bonds is 4.